The first-order chi connectivity index (χ1) is 24.7. The predicted molar refractivity (Wildman–Crippen MR) is 201 cm³/mol. The molecule has 9 nitrogen and oxygen atoms in total. The lowest BCUT2D eigenvalue weighted by Gasteiger charge is -2.25. The number of carbonyl (C=O) groups is 1. The molecule has 0 atom stereocenters. The lowest BCUT2D eigenvalue weighted by Crippen LogP contribution is -2.30. The molecule has 1 aliphatic carbocycles. The second kappa shape index (κ2) is 14.1. The maximum Gasteiger partial charge on any atom is 0.264 e. The van der Waals surface area contributed by atoms with Gasteiger partial charge >= 0.3 is 0 Å². The van der Waals surface area contributed by atoms with Gasteiger partial charge in [0, 0.05) is 16.9 Å². The van der Waals surface area contributed by atoms with Gasteiger partial charge in [-0.1, -0.05) is 66.2 Å². The summed E-state index contributed by atoms with van der Waals surface area (Å²) in [6.45, 7) is 0.0710. The minimum absolute atomic E-state index is 0.0162. The Morgan fingerprint density at radius 1 is 0.843 bits per heavy atom. The Bertz CT molecular complexity index is 2360. The maximum absolute atomic E-state index is 14.2. The molecule has 0 bridgehead atoms. The molecule has 0 fully saturated rings. The van der Waals surface area contributed by atoms with Crippen LogP contribution in [0.15, 0.2) is 114 Å². The Hall–Kier alpha value is -5.36. The Kier molecular flexibility index (Phi) is 9.43. The fourth-order valence-corrected chi connectivity index (χ4v) is 8.70. The highest BCUT2D eigenvalue weighted by molar-refractivity contribution is 7.92. The van der Waals surface area contributed by atoms with Gasteiger partial charge in [-0.2, -0.15) is 0 Å². The molecular weight excluding hydrogens is 706 g/mol. The maximum atomic E-state index is 14.2. The smallest absolute Gasteiger partial charge is 0.264 e. The number of carbonyl (C=O) groups excluding carboxylic acids is 1. The van der Waals surface area contributed by atoms with Crippen molar-refractivity contribution >= 4 is 49.7 Å². The Labute approximate surface area is 305 Å². The third-order valence-electron chi connectivity index (χ3n) is 8.65. The van der Waals surface area contributed by atoms with Crippen LogP contribution in [0, 0.1) is 0 Å². The van der Waals surface area contributed by atoms with Crippen molar-refractivity contribution < 1.29 is 27.4 Å². The van der Waals surface area contributed by atoms with Gasteiger partial charge in [0.1, 0.15) is 5.75 Å². The Morgan fingerprint density at radius 2 is 1.57 bits per heavy atom. The van der Waals surface area contributed by atoms with E-state index in [2.05, 4.69) is 11.4 Å². The van der Waals surface area contributed by atoms with Gasteiger partial charge in [0.25, 0.3) is 15.9 Å². The van der Waals surface area contributed by atoms with Gasteiger partial charge in [0.2, 0.25) is 0 Å². The lowest BCUT2D eigenvalue weighted by molar-refractivity contribution is 0.102. The second-order valence-corrected chi connectivity index (χ2v) is 15.1. The summed E-state index contributed by atoms with van der Waals surface area (Å²) in [7, 11) is 0.614. The number of hydrogen-bond acceptors (Lipinski definition) is 8. The number of anilines is 2. The molecule has 0 radical (unpaired) electrons. The molecule has 6 aromatic rings. The number of amides is 1. The third-order valence-corrected chi connectivity index (χ3v) is 11.7. The fourth-order valence-electron chi connectivity index (χ4n) is 6.02. The number of methoxy groups -OCH3 is 3. The molecule has 1 aromatic heterocycles. The first kappa shape index (κ1) is 34.1. The molecule has 1 heterocycles. The van der Waals surface area contributed by atoms with Crippen molar-refractivity contribution in [2.24, 2.45) is 0 Å². The summed E-state index contributed by atoms with van der Waals surface area (Å²) in [6, 6.07) is 32.2. The lowest BCUT2D eigenvalue weighted by atomic mass is 10.00. The van der Waals surface area contributed by atoms with Crippen molar-refractivity contribution in [2.75, 3.05) is 31.0 Å². The van der Waals surface area contributed by atoms with Crippen molar-refractivity contribution in [3.63, 3.8) is 0 Å². The Morgan fingerprint density at radius 3 is 2.29 bits per heavy atom. The van der Waals surface area contributed by atoms with Gasteiger partial charge < -0.3 is 14.2 Å². The fraction of sp³-hybridized carbons (Fsp3) is 0.128. The molecule has 0 saturated carbocycles. The van der Waals surface area contributed by atoms with Gasteiger partial charge in [-0.05, 0) is 76.9 Å². The summed E-state index contributed by atoms with van der Waals surface area (Å²) in [6.07, 6.45) is 0.663. The van der Waals surface area contributed by atoms with E-state index in [0.717, 1.165) is 38.4 Å². The summed E-state index contributed by atoms with van der Waals surface area (Å²) in [5, 5.41) is 3.36. The number of rotatable bonds is 11. The van der Waals surface area contributed by atoms with Crippen LogP contribution in [0.2, 0.25) is 5.02 Å². The molecule has 258 valence electrons. The molecule has 5 aromatic carbocycles. The topological polar surface area (TPSA) is 107 Å². The zero-order valence-electron chi connectivity index (χ0n) is 27.8. The molecule has 0 saturated heterocycles. The van der Waals surface area contributed by atoms with Crippen molar-refractivity contribution in [3.8, 4) is 39.6 Å². The van der Waals surface area contributed by atoms with Crippen LogP contribution in [0.5, 0.6) is 17.2 Å². The molecule has 1 amide bonds. The molecule has 0 spiro atoms. The van der Waals surface area contributed by atoms with Gasteiger partial charge in [-0.3, -0.25) is 14.4 Å². The number of hydrogen-bond donors (Lipinski definition) is 1. The van der Waals surface area contributed by atoms with E-state index in [9.17, 15) is 13.2 Å². The molecule has 1 aliphatic rings. The molecule has 12 heteroatoms. The predicted octanol–water partition coefficient (Wildman–Crippen LogP) is 8.71. The van der Waals surface area contributed by atoms with Crippen molar-refractivity contribution in [1.29, 1.82) is 0 Å². The number of ether oxygens (including phenoxy) is 3. The van der Waals surface area contributed by atoms with E-state index >= 15 is 0 Å². The number of aromatic nitrogens is 1. The monoisotopic (exact) mass is 737 g/mol. The van der Waals surface area contributed by atoms with Gasteiger partial charge in [-0.15, -0.1) is 11.3 Å². The quantitative estimate of drug-likeness (QED) is 0.142. The van der Waals surface area contributed by atoms with Crippen LogP contribution in [0.1, 0.15) is 26.4 Å². The highest BCUT2D eigenvalue weighted by atomic mass is 35.5. The van der Waals surface area contributed by atoms with Crippen molar-refractivity contribution in [3.05, 3.63) is 136 Å². The second-order valence-electron chi connectivity index (χ2n) is 11.7. The zero-order valence-corrected chi connectivity index (χ0v) is 30.2. The molecule has 0 aliphatic heterocycles. The van der Waals surface area contributed by atoms with E-state index < -0.39 is 15.9 Å². The first-order valence-corrected chi connectivity index (χ1v) is 18.5. The highest BCUT2D eigenvalue weighted by Gasteiger charge is 2.29. The molecule has 0 unspecified atom stereocenters. The number of benzene rings is 5. The third kappa shape index (κ3) is 6.75. The van der Waals surface area contributed by atoms with E-state index in [1.54, 1.807) is 45.6 Å². The van der Waals surface area contributed by atoms with Crippen LogP contribution in [-0.4, -0.2) is 40.6 Å². The molecule has 1 N–H and O–H groups in total. The SMILES string of the molecule is COc1ccc(N(Cc2ccccc2)S(=O)(=O)c2ccc(Cl)c(C(=O)Nc3nc4c(s3)Cc3cc(-c5ccc(OC)c(OC)c5)ccc3-4)c2)cc1. The van der Waals surface area contributed by atoms with E-state index in [4.69, 9.17) is 30.8 Å². The number of thiazole rings is 1. The van der Waals surface area contributed by atoms with E-state index in [0.29, 0.717) is 34.5 Å². The summed E-state index contributed by atoms with van der Waals surface area (Å²) < 4.78 is 45.9. The number of fused-ring (bicyclic) bond motifs is 3. The van der Waals surface area contributed by atoms with E-state index in [1.165, 1.54) is 33.8 Å². The number of halogens is 1. The summed E-state index contributed by atoms with van der Waals surface area (Å²) in [5.74, 6) is 1.35. The number of nitrogens with one attached hydrogen (secondary N) is 1. The average molecular weight is 738 g/mol. The number of nitrogens with zero attached hydrogens (tertiary/aromatic N) is 2. The van der Waals surface area contributed by atoms with E-state index in [1.807, 2.05) is 60.7 Å². The van der Waals surface area contributed by atoms with Crippen LogP contribution in [0.25, 0.3) is 22.4 Å². The van der Waals surface area contributed by atoms with Gasteiger partial charge in [-0.25, -0.2) is 13.4 Å². The summed E-state index contributed by atoms with van der Waals surface area (Å²) >= 11 is 7.87. The number of sulfonamides is 1. The minimum atomic E-state index is -4.15. The van der Waals surface area contributed by atoms with Crippen molar-refractivity contribution in [1.82, 2.24) is 4.98 Å². The summed E-state index contributed by atoms with van der Waals surface area (Å²) in [4.78, 5) is 19.3. The molecule has 7 rings (SSSR count). The van der Waals surface area contributed by atoms with Crippen LogP contribution in [-0.2, 0) is 23.0 Å². The van der Waals surface area contributed by atoms with Crippen LogP contribution in [0.4, 0.5) is 10.8 Å². The minimum Gasteiger partial charge on any atom is -0.497 e. The standard InChI is InChI=1S/C39H32ClN3O6S2/c1-47-29-13-11-28(12-14-29)43(23-24-7-5-4-6-8-24)51(45,46)30-15-17-33(40)32(22-30)38(44)42-39-41-37-31-16-9-25(19-27(31)21-36(37)50-39)26-10-18-34(48-2)35(20-26)49-3/h4-20,22H,21,23H2,1-3H3,(H,41,42,44). The van der Waals surface area contributed by atoms with Gasteiger partial charge in [0.05, 0.1) is 54.7 Å². The first-order valence-electron chi connectivity index (χ1n) is 15.9. The van der Waals surface area contributed by atoms with Crippen molar-refractivity contribution in [2.45, 2.75) is 17.9 Å². The summed E-state index contributed by atoms with van der Waals surface area (Å²) in [5.41, 5.74) is 6.22. The van der Waals surface area contributed by atoms with Crippen LogP contribution >= 0.6 is 22.9 Å². The van der Waals surface area contributed by atoms with Crippen LogP contribution in [0.3, 0.4) is 0 Å². The molecule has 51 heavy (non-hydrogen) atoms. The normalized spacial score (nSPS) is 11.8. The van der Waals surface area contributed by atoms with Gasteiger partial charge in [0.15, 0.2) is 16.6 Å². The average Bonchev–Trinajstić information content (AvgIpc) is 3.70. The Balaban J connectivity index is 1.13. The molecular formula is C39H32ClN3O6S2. The van der Waals surface area contributed by atoms with Crippen LogP contribution < -0.4 is 23.8 Å². The van der Waals surface area contributed by atoms with E-state index in [-0.39, 0.29) is 22.0 Å². The highest BCUT2D eigenvalue weighted by Crippen LogP contribution is 2.43. The largest absolute Gasteiger partial charge is 0.497 e. The zero-order chi connectivity index (χ0) is 35.7.